The van der Waals surface area contributed by atoms with Crippen LogP contribution in [0.1, 0.15) is 25.0 Å². The molecule has 1 heterocycles. The first-order valence-corrected chi connectivity index (χ1v) is 8.56. The molecule has 7 nitrogen and oxygen atoms in total. The number of esters is 1. The molecule has 23 heavy (non-hydrogen) atoms. The van der Waals surface area contributed by atoms with E-state index in [1.807, 2.05) is 25.1 Å². The Morgan fingerprint density at radius 2 is 1.91 bits per heavy atom. The molecule has 8 heteroatoms. The summed E-state index contributed by atoms with van der Waals surface area (Å²) in [6, 6.07) is 8.07. The number of nitrogens with zero attached hydrogens (tertiary/aromatic N) is 1. The number of hydrogen-bond donors (Lipinski definition) is 0. The van der Waals surface area contributed by atoms with Crippen LogP contribution in [-0.2, 0) is 30.5 Å². The Morgan fingerprint density at radius 3 is 2.43 bits per heavy atom. The number of carbonyl (C=O) groups is 1. The number of hydrogen-bond acceptors (Lipinski definition) is 6. The summed E-state index contributed by atoms with van der Waals surface area (Å²) in [6.45, 7) is 6.04. The molecule has 1 aromatic carbocycles. The van der Waals surface area contributed by atoms with Gasteiger partial charge in [-0.2, -0.15) is 0 Å². The fourth-order valence-electron chi connectivity index (χ4n) is 2.26. The first kappa shape index (κ1) is 19.3. The van der Waals surface area contributed by atoms with Crippen molar-refractivity contribution in [3.05, 3.63) is 35.4 Å². The molecule has 1 aliphatic heterocycles. The zero-order valence-corrected chi connectivity index (χ0v) is 14.3. The van der Waals surface area contributed by atoms with Crippen molar-refractivity contribution in [2.75, 3.05) is 26.8 Å². The molecule has 0 aromatic heterocycles. The molecule has 0 fully saturated rings. The highest BCUT2D eigenvalue weighted by atomic mass is 32.3. The Kier molecular flexibility index (Phi) is 7.34. The summed E-state index contributed by atoms with van der Waals surface area (Å²) in [5.41, 5.74) is 2.98. The van der Waals surface area contributed by atoms with Crippen LogP contribution in [-0.4, -0.2) is 56.0 Å². The van der Waals surface area contributed by atoms with E-state index in [1.165, 1.54) is 5.56 Å². The Hall–Kier alpha value is -1.77. The SMILES string of the molecule is CCOC(=O)C1=[N+](CC)CCc2ccccc21.COS(=O)(=O)[O-]. The first-order valence-electron chi connectivity index (χ1n) is 7.22. The van der Waals surface area contributed by atoms with Gasteiger partial charge in [-0.1, -0.05) is 18.2 Å². The minimum Gasteiger partial charge on any atom is -0.726 e. The average molecular weight is 343 g/mol. The lowest BCUT2D eigenvalue weighted by Crippen LogP contribution is -2.36. The van der Waals surface area contributed by atoms with Crippen LogP contribution in [0.5, 0.6) is 0 Å². The van der Waals surface area contributed by atoms with Crippen molar-refractivity contribution in [1.29, 1.82) is 0 Å². The van der Waals surface area contributed by atoms with Gasteiger partial charge >= 0.3 is 5.97 Å². The zero-order valence-electron chi connectivity index (χ0n) is 13.4. The molecule has 0 bridgehead atoms. The van der Waals surface area contributed by atoms with Crippen molar-refractivity contribution in [3.63, 3.8) is 0 Å². The molecule has 0 saturated carbocycles. The van der Waals surface area contributed by atoms with Crippen LogP contribution in [0, 0.1) is 0 Å². The number of likely N-dealkylation sites (N-methyl/N-ethyl adjacent to an activating group) is 1. The molecular weight excluding hydrogens is 322 g/mol. The van der Waals surface area contributed by atoms with Gasteiger partial charge in [0.15, 0.2) is 0 Å². The van der Waals surface area contributed by atoms with Crippen LogP contribution < -0.4 is 0 Å². The maximum absolute atomic E-state index is 12.0. The molecule has 1 aliphatic rings. The van der Waals surface area contributed by atoms with Crippen molar-refractivity contribution in [1.82, 2.24) is 0 Å². The minimum absolute atomic E-state index is 0.207. The topological polar surface area (TPSA) is 95.7 Å². The van der Waals surface area contributed by atoms with E-state index in [0.717, 1.165) is 37.9 Å². The van der Waals surface area contributed by atoms with Crippen molar-refractivity contribution in [2.24, 2.45) is 0 Å². The fraction of sp³-hybridized carbons (Fsp3) is 0.467. The highest BCUT2D eigenvalue weighted by molar-refractivity contribution is 7.80. The minimum atomic E-state index is -4.41. The third-order valence-corrected chi connectivity index (χ3v) is 3.70. The number of rotatable bonds is 4. The predicted octanol–water partition coefficient (Wildman–Crippen LogP) is 0.720. The van der Waals surface area contributed by atoms with Gasteiger partial charge in [0, 0.05) is 6.42 Å². The van der Waals surface area contributed by atoms with Crippen molar-refractivity contribution >= 4 is 22.1 Å². The summed E-state index contributed by atoms with van der Waals surface area (Å²) in [5, 5.41) is 0. The Bertz CT molecular complexity index is 681. The van der Waals surface area contributed by atoms with Crippen LogP contribution in [0.15, 0.2) is 24.3 Å². The summed E-state index contributed by atoms with van der Waals surface area (Å²) < 4.78 is 38.3. The summed E-state index contributed by atoms with van der Waals surface area (Å²) >= 11 is 0. The molecule has 2 rings (SSSR count). The number of benzene rings is 1. The second-order valence-electron chi connectivity index (χ2n) is 4.63. The van der Waals surface area contributed by atoms with Crippen LogP contribution in [0.25, 0.3) is 0 Å². The normalized spacial score (nSPS) is 13.7. The van der Waals surface area contributed by atoms with Gasteiger partial charge in [0.25, 0.3) is 5.71 Å². The Balaban J connectivity index is 0.000000379. The van der Waals surface area contributed by atoms with Crippen LogP contribution in [0.3, 0.4) is 0 Å². The third kappa shape index (κ3) is 5.74. The molecule has 0 atom stereocenters. The summed E-state index contributed by atoms with van der Waals surface area (Å²) in [5.74, 6) is -0.207. The van der Waals surface area contributed by atoms with E-state index >= 15 is 0 Å². The molecule has 0 saturated heterocycles. The van der Waals surface area contributed by atoms with Gasteiger partial charge in [-0.05, 0) is 25.5 Å². The van der Waals surface area contributed by atoms with E-state index in [2.05, 4.69) is 21.7 Å². The molecule has 0 unspecified atom stereocenters. The first-order chi connectivity index (χ1) is 10.8. The molecule has 0 N–H and O–H groups in total. The quantitative estimate of drug-likeness (QED) is 0.346. The smallest absolute Gasteiger partial charge is 0.403 e. The molecule has 0 radical (unpaired) electrons. The van der Waals surface area contributed by atoms with Gasteiger partial charge in [-0.15, -0.1) is 0 Å². The monoisotopic (exact) mass is 343 g/mol. The van der Waals surface area contributed by atoms with Crippen molar-refractivity contribution < 1.29 is 31.3 Å². The van der Waals surface area contributed by atoms with Gasteiger partial charge in [-0.3, -0.25) is 4.18 Å². The van der Waals surface area contributed by atoms with Gasteiger partial charge in [0.2, 0.25) is 10.4 Å². The van der Waals surface area contributed by atoms with Gasteiger partial charge in [0.05, 0.1) is 19.3 Å². The number of carbonyl (C=O) groups excluding carboxylic acids is 1. The predicted molar refractivity (Wildman–Crippen MR) is 83.3 cm³/mol. The van der Waals surface area contributed by atoms with E-state index < -0.39 is 10.4 Å². The second kappa shape index (κ2) is 8.76. The zero-order chi connectivity index (χ0) is 17.5. The highest BCUT2D eigenvalue weighted by Gasteiger charge is 2.31. The van der Waals surface area contributed by atoms with E-state index in [9.17, 15) is 17.8 Å². The van der Waals surface area contributed by atoms with E-state index in [-0.39, 0.29) is 5.97 Å². The average Bonchev–Trinajstić information content (AvgIpc) is 2.53. The lowest BCUT2D eigenvalue weighted by atomic mass is 9.97. The van der Waals surface area contributed by atoms with E-state index in [4.69, 9.17) is 4.74 Å². The maximum atomic E-state index is 12.0. The van der Waals surface area contributed by atoms with Crippen molar-refractivity contribution in [3.8, 4) is 0 Å². The largest absolute Gasteiger partial charge is 0.726 e. The summed E-state index contributed by atoms with van der Waals surface area (Å²) in [4.78, 5) is 12.0. The van der Waals surface area contributed by atoms with Gasteiger partial charge < -0.3 is 9.29 Å². The third-order valence-electron chi connectivity index (χ3n) is 3.29. The molecule has 0 spiro atoms. The number of fused-ring (bicyclic) bond motifs is 1. The fourth-order valence-corrected chi connectivity index (χ4v) is 2.26. The molecule has 128 valence electrons. The van der Waals surface area contributed by atoms with Crippen LogP contribution in [0.2, 0.25) is 0 Å². The van der Waals surface area contributed by atoms with Gasteiger partial charge in [0.1, 0.15) is 13.1 Å². The van der Waals surface area contributed by atoms with Gasteiger partial charge in [-0.25, -0.2) is 17.8 Å². The standard InChI is InChI=1S/C14H18NO2.CH4O4S/c1-3-15-10-9-11-7-5-6-8-12(11)13(15)14(16)17-4-2;1-5-6(2,3)4/h5-8H,3-4,9-10H2,1-2H3;1H3,(H,2,3,4)/q+1;/p-1. The van der Waals surface area contributed by atoms with E-state index in [0.29, 0.717) is 6.61 Å². The number of ether oxygens (including phenoxy) is 1. The molecule has 1 aromatic rings. The lowest BCUT2D eigenvalue weighted by molar-refractivity contribution is -0.524. The second-order valence-corrected chi connectivity index (χ2v) is 5.78. The van der Waals surface area contributed by atoms with Crippen LogP contribution >= 0.6 is 0 Å². The van der Waals surface area contributed by atoms with Crippen LogP contribution in [0.4, 0.5) is 0 Å². The Labute approximate surface area is 136 Å². The molecular formula is C15H21NO6S. The molecule has 0 amide bonds. The maximum Gasteiger partial charge on any atom is 0.403 e. The highest BCUT2D eigenvalue weighted by Crippen LogP contribution is 2.16. The Morgan fingerprint density at radius 1 is 1.30 bits per heavy atom. The molecule has 0 aliphatic carbocycles. The van der Waals surface area contributed by atoms with Crippen molar-refractivity contribution in [2.45, 2.75) is 20.3 Å². The van der Waals surface area contributed by atoms with E-state index in [1.54, 1.807) is 0 Å². The summed E-state index contributed by atoms with van der Waals surface area (Å²) in [7, 11) is -3.60. The summed E-state index contributed by atoms with van der Waals surface area (Å²) in [6.07, 6.45) is 0.993. The lowest BCUT2D eigenvalue weighted by Gasteiger charge is -2.16.